The molecule has 0 aliphatic carbocycles. The van der Waals surface area contributed by atoms with E-state index in [1.807, 2.05) is 43.5 Å². The van der Waals surface area contributed by atoms with Gasteiger partial charge in [-0.05, 0) is 42.8 Å². The molecular weight excluding hydrogens is 342 g/mol. The summed E-state index contributed by atoms with van der Waals surface area (Å²) in [7, 11) is 0. The van der Waals surface area contributed by atoms with Crippen LogP contribution in [0.15, 0.2) is 53.3 Å². The average Bonchev–Trinajstić information content (AvgIpc) is 3.18. The molecule has 0 amide bonds. The van der Waals surface area contributed by atoms with E-state index in [4.69, 9.17) is 9.26 Å². The second kappa shape index (κ2) is 8.28. The predicted octanol–water partition coefficient (Wildman–Crippen LogP) is 2.68. The third-order valence-electron chi connectivity index (χ3n) is 4.65. The Morgan fingerprint density at radius 1 is 1.26 bits per heavy atom. The molecule has 1 aromatic carbocycles. The van der Waals surface area contributed by atoms with Crippen LogP contribution in [0.3, 0.4) is 0 Å². The van der Waals surface area contributed by atoms with Crippen molar-refractivity contribution in [3.8, 4) is 17.1 Å². The van der Waals surface area contributed by atoms with Gasteiger partial charge in [0.05, 0.1) is 13.2 Å². The van der Waals surface area contributed by atoms with E-state index < -0.39 is 0 Å². The summed E-state index contributed by atoms with van der Waals surface area (Å²) in [4.78, 5) is 11.2. The van der Waals surface area contributed by atoms with Crippen molar-refractivity contribution in [3.63, 3.8) is 0 Å². The van der Waals surface area contributed by atoms with Crippen LogP contribution in [-0.4, -0.2) is 46.3 Å². The monoisotopic (exact) mass is 365 g/mol. The molecule has 7 heteroatoms. The van der Waals surface area contributed by atoms with Crippen LogP contribution in [0.5, 0.6) is 5.75 Å². The molecule has 1 fully saturated rings. The molecule has 4 rings (SSSR count). The lowest BCUT2D eigenvalue weighted by Gasteiger charge is -2.35. The lowest BCUT2D eigenvalue weighted by Crippen LogP contribution is -2.45. The zero-order chi connectivity index (χ0) is 18.5. The molecule has 27 heavy (non-hydrogen) atoms. The van der Waals surface area contributed by atoms with Crippen LogP contribution in [-0.2, 0) is 6.54 Å². The zero-order valence-electron chi connectivity index (χ0n) is 15.3. The lowest BCUT2D eigenvalue weighted by molar-refractivity contribution is 0.135. The van der Waals surface area contributed by atoms with E-state index in [1.54, 1.807) is 6.20 Å². The minimum atomic E-state index is 0.244. The van der Waals surface area contributed by atoms with Crippen molar-refractivity contribution in [3.05, 3.63) is 60.2 Å². The molecular formula is C20H23N5O2. The fourth-order valence-corrected chi connectivity index (χ4v) is 3.31. The van der Waals surface area contributed by atoms with Gasteiger partial charge in [-0.15, -0.1) is 0 Å². The summed E-state index contributed by atoms with van der Waals surface area (Å²) in [5.74, 6) is 2.06. The number of rotatable bonds is 6. The quantitative estimate of drug-likeness (QED) is 0.720. The van der Waals surface area contributed by atoms with Gasteiger partial charge < -0.3 is 14.6 Å². The first kappa shape index (κ1) is 17.6. The molecule has 1 aliphatic rings. The van der Waals surface area contributed by atoms with E-state index >= 15 is 0 Å². The Bertz CT molecular complexity index is 850. The third-order valence-corrected chi connectivity index (χ3v) is 4.65. The Morgan fingerprint density at radius 2 is 2.15 bits per heavy atom. The van der Waals surface area contributed by atoms with Gasteiger partial charge >= 0.3 is 0 Å². The van der Waals surface area contributed by atoms with Gasteiger partial charge in [-0.2, -0.15) is 4.98 Å². The van der Waals surface area contributed by atoms with E-state index in [9.17, 15) is 0 Å². The van der Waals surface area contributed by atoms with Crippen LogP contribution in [0.25, 0.3) is 11.4 Å². The molecule has 1 unspecified atom stereocenters. The SMILES string of the molecule is CCOc1ccc(-c2noc(CN3CCNCC3c3cccnc3)n2)cc1. The Morgan fingerprint density at radius 3 is 2.93 bits per heavy atom. The summed E-state index contributed by atoms with van der Waals surface area (Å²) in [6.07, 6.45) is 3.72. The minimum absolute atomic E-state index is 0.244. The van der Waals surface area contributed by atoms with E-state index in [-0.39, 0.29) is 6.04 Å². The van der Waals surface area contributed by atoms with Crippen molar-refractivity contribution < 1.29 is 9.26 Å². The number of pyridine rings is 1. The molecule has 1 saturated heterocycles. The Hall–Kier alpha value is -2.77. The molecule has 1 N–H and O–H groups in total. The molecule has 2 aromatic heterocycles. The predicted molar refractivity (Wildman–Crippen MR) is 101 cm³/mol. The topological polar surface area (TPSA) is 76.3 Å². The summed E-state index contributed by atoms with van der Waals surface area (Å²) in [6, 6.07) is 12.1. The Labute approximate surface area is 158 Å². The molecule has 0 radical (unpaired) electrons. The molecule has 3 heterocycles. The van der Waals surface area contributed by atoms with E-state index in [2.05, 4.69) is 31.4 Å². The van der Waals surface area contributed by atoms with Gasteiger partial charge in [-0.1, -0.05) is 11.2 Å². The largest absolute Gasteiger partial charge is 0.494 e. The standard InChI is InChI=1S/C20H23N5O2/c1-2-26-17-7-5-15(6-8-17)20-23-19(27-24-20)14-25-11-10-22-13-18(25)16-4-3-9-21-12-16/h3-9,12,18,22H,2,10-11,13-14H2,1H3. The van der Waals surface area contributed by atoms with Crippen molar-refractivity contribution in [2.45, 2.75) is 19.5 Å². The van der Waals surface area contributed by atoms with Gasteiger partial charge in [-0.3, -0.25) is 9.88 Å². The number of hydrogen-bond donors (Lipinski definition) is 1. The van der Waals surface area contributed by atoms with Crippen molar-refractivity contribution in [1.82, 2.24) is 25.3 Å². The molecule has 140 valence electrons. The number of aromatic nitrogens is 3. The van der Waals surface area contributed by atoms with E-state index in [0.717, 1.165) is 30.9 Å². The lowest BCUT2D eigenvalue weighted by atomic mass is 10.1. The zero-order valence-corrected chi connectivity index (χ0v) is 15.3. The normalized spacial score (nSPS) is 17.7. The Kier molecular flexibility index (Phi) is 5.41. The number of nitrogens with zero attached hydrogens (tertiary/aromatic N) is 4. The fourth-order valence-electron chi connectivity index (χ4n) is 3.31. The number of benzene rings is 1. The number of hydrogen-bond acceptors (Lipinski definition) is 7. The van der Waals surface area contributed by atoms with Crippen LogP contribution in [0.2, 0.25) is 0 Å². The van der Waals surface area contributed by atoms with Gasteiger partial charge in [0.2, 0.25) is 11.7 Å². The van der Waals surface area contributed by atoms with Gasteiger partial charge in [-0.25, -0.2) is 0 Å². The third kappa shape index (κ3) is 4.15. The second-order valence-electron chi connectivity index (χ2n) is 6.45. The summed E-state index contributed by atoms with van der Waals surface area (Å²) in [5, 5.41) is 7.59. The summed E-state index contributed by atoms with van der Waals surface area (Å²) in [6.45, 7) is 5.97. The summed E-state index contributed by atoms with van der Waals surface area (Å²) < 4.78 is 11.0. The van der Waals surface area contributed by atoms with Crippen LogP contribution in [0, 0.1) is 0 Å². The first-order valence-electron chi connectivity index (χ1n) is 9.24. The van der Waals surface area contributed by atoms with Crippen molar-refractivity contribution >= 4 is 0 Å². The van der Waals surface area contributed by atoms with Crippen LogP contribution in [0.4, 0.5) is 0 Å². The molecule has 1 atom stereocenters. The molecule has 0 bridgehead atoms. The fraction of sp³-hybridized carbons (Fsp3) is 0.350. The number of ether oxygens (including phenoxy) is 1. The van der Waals surface area contributed by atoms with Crippen molar-refractivity contribution in [1.29, 1.82) is 0 Å². The summed E-state index contributed by atoms with van der Waals surface area (Å²) >= 11 is 0. The molecule has 7 nitrogen and oxygen atoms in total. The van der Waals surface area contributed by atoms with Gasteiger partial charge in [0.25, 0.3) is 0 Å². The molecule has 0 spiro atoms. The smallest absolute Gasteiger partial charge is 0.241 e. The van der Waals surface area contributed by atoms with Crippen molar-refractivity contribution in [2.24, 2.45) is 0 Å². The maximum Gasteiger partial charge on any atom is 0.241 e. The van der Waals surface area contributed by atoms with E-state index in [0.29, 0.717) is 24.9 Å². The van der Waals surface area contributed by atoms with Crippen molar-refractivity contribution in [2.75, 3.05) is 26.2 Å². The molecule has 3 aromatic rings. The minimum Gasteiger partial charge on any atom is -0.494 e. The highest BCUT2D eigenvalue weighted by molar-refractivity contribution is 5.55. The maximum atomic E-state index is 5.51. The maximum absolute atomic E-state index is 5.51. The van der Waals surface area contributed by atoms with Gasteiger partial charge in [0.1, 0.15) is 5.75 Å². The van der Waals surface area contributed by atoms with Gasteiger partial charge in [0.15, 0.2) is 0 Å². The average molecular weight is 365 g/mol. The highest BCUT2D eigenvalue weighted by atomic mass is 16.5. The van der Waals surface area contributed by atoms with E-state index in [1.165, 1.54) is 5.56 Å². The molecule has 1 aliphatic heterocycles. The van der Waals surface area contributed by atoms with Crippen LogP contribution >= 0.6 is 0 Å². The highest BCUT2D eigenvalue weighted by Crippen LogP contribution is 2.24. The number of nitrogens with one attached hydrogen (secondary N) is 1. The number of piperazine rings is 1. The second-order valence-corrected chi connectivity index (χ2v) is 6.45. The summed E-state index contributed by atoms with van der Waals surface area (Å²) in [5.41, 5.74) is 2.11. The van der Waals surface area contributed by atoms with Crippen LogP contribution < -0.4 is 10.1 Å². The van der Waals surface area contributed by atoms with Gasteiger partial charge in [0, 0.05) is 43.6 Å². The first-order valence-corrected chi connectivity index (χ1v) is 9.24. The van der Waals surface area contributed by atoms with Crippen LogP contribution in [0.1, 0.15) is 24.4 Å². The Balaban J connectivity index is 1.48. The molecule has 0 saturated carbocycles. The first-order chi connectivity index (χ1) is 13.3. The highest BCUT2D eigenvalue weighted by Gasteiger charge is 2.25.